The Hall–Kier alpha value is -2.12. The SMILES string of the molecule is C[C@H](CCc1ccco1)NC(=O)c1ccc(S(=O)(=O)N2CCCC2)cc1. The van der Waals surface area contributed by atoms with Crippen LogP contribution in [0.1, 0.15) is 42.3 Å². The van der Waals surface area contributed by atoms with Gasteiger partial charge in [-0.3, -0.25) is 4.79 Å². The van der Waals surface area contributed by atoms with Crippen molar-refractivity contribution in [3.8, 4) is 0 Å². The first-order valence-corrected chi connectivity index (χ1v) is 10.3. The van der Waals surface area contributed by atoms with Gasteiger partial charge in [-0.1, -0.05) is 0 Å². The van der Waals surface area contributed by atoms with Gasteiger partial charge in [0.25, 0.3) is 5.91 Å². The van der Waals surface area contributed by atoms with Crippen molar-refractivity contribution in [2.45, 2.75) is 43.5 Å². The van der Waals surface area contributed by atoms with E-state index in [0.29, 0.717) is 18.7 Å². The topological polar surface area (TPSA) is 79.6 Å². The Morgan fingerprint density at radius 2 is 1.88 bits per heavy atom. The molecule has 1 aliphatic heterocycles. The van der Waals surface area contributed by atoms with Crippen LogP contribution in [0.5, 0.6) is 0 Å². The van der Waals surface area contributed by atoms with E-state index in [1.807, 2.05) is 19.1 Å². The molecule has 1 N–H and O–H groups in total. The Labute approximate surface area is 154 Å². The zero-order valence-electron chi connectivity index (χ0n) is 14.8. The molecule has 0 aliphatic carbocycles. The quantitative estimate of drug-likeness (QED) is 0.806. The van der Waals surface area contributed by atoms with Gasteiger partial charge in [0.15, 0.2) is 0 Å². The van der Waals surface area contributed by atoms with Crippen molar-refractivity contribution in [1.82, 2.24) is 9.62 Å². The number of nitrogens with one attached hydrogen (secondary N) is 1. The molecule has 6 nitrogen and oxygen atoms in total. The van der Waals surface area contributed by atoms with E-state index in [4.69, 9.17) is 4.42 Å². The van der Waals surface area contributed by atoms with Crippen molar-refractivity contribution in [3.05, 3.63) is 54.0 Å². The first-order chi connectivity index (χ1) is 12.5. The molecule has 1 aromatic heterocycles. The van der Waals surface area contributed by atoms with E-state index < -0.39 is 10.0 Å². The normalized spacial score (nSPS) is 16.5. The molecule has 2 heterocycles. The van der Waals surface area contributed by atoms with E-state index in [0.717, 1.165) is 31.4 Å². The van der Waals surface area contributed by atoms with E-state index in [1.54, 1.807) is 18.4 Å². The van der Waals surface area contributed by atoms with Gasteiger partial charge < -0.3 is 9.73 Å². The second-order valence-corrected chi connectivity index (χ2v) is 8.57. The van der Waals surface area contributed by atoms with Gasteiger partial charge in [0, 0.05) is 31.1 Å². The lowest BCUT2D eigenvalue weighted by Gasteiger charge is -2.16. The molecule has 0 saturated carbocycles. The second kappa shape index (κ2) is 8.05. The summed E-state index contributed by atoms with van der Waals surface area (Å²) in [6.45, 7) is 3.07. The zero-order chi connectivity index (χ0) is 18.6. The molecule has 0 unspecified atom stereocenters. The lowest BCUT2D eigenvalue weighted by Crippen LogP contribution is -2.33. The molecule has 1 atom stereocenters. The second-order valence-electron chi connectivity index (χ2n) is 6.63. The number of sulfonamides is 1. The third-order valence-corrected chi connectivity index (χ3v) is 6.51. The first-order valence-electron chi connectivity index (χ1n) is 8.90. The van der Waals surface area contributed by atoms with Crippen LogP contribution in [0.4, 0.5) is 0 Å². The zero-order valence-corrected chi connectivity index (χ0v) is 15.7. The minimum atomic E-state index is -3.45. The lowest BCUT2D eigenvalue weighted by molar-refractivity contribution is 0.0938. The highest BCUT2D eigenvalue weighted by atomic mass is 32.2. The molecular weight excluding hydrogens is 352 g/mol. The summed E-state index contributed by atoms with van der Waals surface area (Å²) in [5.74, 6) is 0.685. The predicted octanol–water partition coefficient (Wildman–Crippen LogP) is 2.82. The van der Waals surface area contributed by atoms with Crippen molar-refractivity contribution in [2.75, 3.05) is 13.1 Å². The average molecular weight is 376 g/mol. The summed E-state index contributed by atoms with van der Waals surface area (Å²) < 4.78 is 31.8. The third-order valence-electron chi connectivity index (χ3n) is 4.60. The largest absolute Gasteiger partial charge is 0.469 e. The van der Waals surface area contributed by atoms with Crippen LogP contribution in [0.2, 0.25) is 0 Å². The molecule has 0 bridgehead atoms. The number of furan rings is 1. The summed E-state index contributed by atoms with van der Waals surface area (Å²) >= 11 is 0. The molecule has 0 spiro atoms. The van der Waals surface area contributed by atoms with Crippen LogP contribution in [0, 0.1) is 0 Å². The smallest absolute Gasteiger partial charge is 0.251 e. The van der Waals surface area contributed by atoms with Crippen molar-refractivity contribution < 1.29 is 17.6 Å². The van der Waals surface area contributed by atoms with Crippen molar-refractivity contribution in [1.29, 1.82) is 0 Å². The van der Waals surface area contributed by atoms with Gasteiger partial charge in [-0.25, -0.2) is 8.42 Å². The molecule has 7 heteroatoms. The van der Waals surface area contributed by atoms with E-state index >= 15 is 0 Å². The highest BCUT2D eigenvalue weighted by Gasteiger charge is 2.27. The molecule has 1 aromatic carbocycles. The van der Waals surface area contributed by atoms with Crippen LogP contribution in [0.25, 0.3) is 0 Å². The van der Waals surface area contributed by atoms with Crippen molar-refractivity contribution in [3.63, 3.8) is 0 Å². The monoisotopic (exact) mass is 376 g/mol. The molecule has 1 amide bonds. The average Bonchev–Trinajstić information content (AvgIpc) is 3.34. The van der Waals surface area contributed by atoms with Crippen LogP contribution in [0.15, 0.2) is 52.0 Å². The Morgan fingerprint density at radius 1 is 1.19 bits per heavy atom. The molecule has 1 fully saturated rings. The number of aryl methyl sites for hydroxylation is 1. The summed E-state index contributed by atoms with van der Waals surface area (Å²) in [6, 6.07) is 9.90. The third kappa shape index (κ3) is 4.34. The van der Waals surface area contributed by atoms with Crippen LogP contribution in [-0.2, 0) is 16.4 Å². The molecule has 1 saturated heterocycles. The Kier molecular flexibility index (Phi) is 5.78. The minimum Gasteiger partial charge on any atom is -0.469 e. The molecular formula is C19H24N2O4S. The van der Waals surface area contributed by atoms with Gasteiger partial charge in [0.2, 0.25) is 10.0 Å². The number of carbonyl (C=O) groups is 1. The van der Waals surface area contributed by atoms with Crippen LogP contribution in [0.3, 0.4) is 0 Å². The fourth-order valence-electron chi connectivity index (χ4n) is 3.05. The fourth-order valence-corrected chi connectivity index (χ4v) is 4.57. The van der Waals surface area contributed by atoms with Crippen LogP contribution in [-0.4, -0.2) is 37.8 Å². The molecule has 2 aromatic rings. The summed E-state index contributed by atoms with van der Waals surface area (Å²) in [6.07, 6.45) is 4.95. The van der Waals surface area contributed by atoms with Gasteiger partial charge in [-0.2, -0.15) is 4.31 Å². The van der Waals surface area contributed by atoms with Gasteiger partial charge in [-0.15, -0.1) is 0 Å². The number of amides is 1. The lowest BCUT2D eigenvalue weighted by atomic mass is 10.1. The van der Waals surface area contributed by atoms with Gasteiger partial charge >= 0.3 is 0 Å². The number of rotatable bonds is 7. The highest BCUT2D eigenvalue weighted by molar-refractivity contribution is 7.89. The van der Waals surface area contributed by atoms with E-state index in [-0.39, 0.29) is 16.8 Å². The maximum Gasteiger partial charge on any atom is 0.251 e. The highest BCUT2D eigenvalue weighted by Crippen LogP contribution is 2.21. The number of carbonyl (C=O) groups excluding carboxylic acids is 1. The Bertz CT molecular complexity index is 823. The van der Waals surface area contributed by atoms with Gasteiger partial charge in [-0.05, 0) is 62.6 Å². The van der Waals surface area contributed by atoms with Crippen LogP contribution < -0.4 is 5.32 Å². The number of hydrogen-bond donors (Lipinski definition) is 1. The summed E-state index contributed by atoms with van der Waals surface area (Å²) in [7, 11) is -3.45. The minimum absolute atomic E-state index is 0.0133. The van der Waals surface area contributed by atoms with Crippen LogP contribution >= 0.6 is 0 Å². The van der Waals surface area contributed by atoms with Gasteiger partial charge in [0.05, 0.1) is 11.2 Å². The Balaban J connectivity index is 1.58. The van der Waals surface area contributed by atoms with E-state index in [2.05, 4.69) is 5.32 Å². The number of hydrogen-bond acceptors (Lipinski definition) is 4. The fraction of sp³-hybridized carbons (Fsp3) is 0.421. The van der Waals surface area contributed by atoms with E-state index in [1.165, 1.54) is 16.4 Å². The maximum absolute atomic E-state index is 12.5. The predicted molar refractivity (Wildman–Crippen MR) is 98.4 cm³/mol. The summed E-state index contributed by atoms with van der Waals surface area (Å²) in [5.41, 5.74) is 0.454. The standard InChI is InChI=1S/C19H24N2O4S/c1-15(6-9-17-5-4-14-25-17)20-19(22)16-7-10-18(11-8-16)26(23,24)21-12-2-3-13-21/h4-5,7-8,10-11,14-15H,2-3,6,9,12-13H2,1H3,(H,20,22)/t15-/m1/s1. The molecule has 1 aliphatic rings. The van der Waals surface area contributed by atoms with E-state index in [9.17, 15) is 13.2 Å². The Morgan fingerprint density at radius 3 is 2.50 bits per heavy atom. The molecule has 140 valence electrons. The molecule has 0 radical (unpaired) electrons. The molecule has 26 heavy (non-hydrogen) atoms. The summed E-state index contributed by atoms with van der Waals surface area (Å²) in [4.78, 5) is 12.6. The van der Waals surface area contributed by atoms with Gasteiger partial charge in [0.1, 0.15) is 5.76 Å². The number of nitrogens with zero attached hydrogens (tertiary/aromatic N) is 1. The van der Waals surface area contributed by atoms with Crippen molar-refractivity contribution in [2.24, 2.45) is 0 Å². The van der Waals surface area contributed by atoms with Crippen molar-refractivity contribution >= 4 is 15.9 Å². The molecule has 3 rings (SSSR count). The number of benzene rings is 1. The maximum atomic E-state index is 12.5. The first kappa shape index (κ1) is 18.7. The summed E-state index contributed by atoms with van der Waals surface area (Å²) in [5, 5.41) is 2.93.